The number of nitrogens with one attached hydrogen (secondary N) is 1. The second kappa shape index (κ2) is 13.3. The molecule has 10 nitrogen and oxygen atoms in total. The number of amides is 2. The monoisotopic (exact) mass is 755 g/mol. The normalized spacial score (nSPS) is 35.4. The zero-order chi connectivity index (χ0) is 36.6. The van der Waals surface area contributed by atoms with E-state index in [1.165, 1.54) is 51.5 Å². The molecule has 2 saturated carbocycles. The van der Waals surface area contributed by atoms with Gasteiger partial charge >= 0.3 is 11.9 Å². The molecular formula is C41H45N3O7S2. The molecule has 1 spiro atoms. The molecule has 3 fully saturated rings. The highest BCUT2D eigenvalue weighted by atomic mass is 33.1. The molecule has 2 N–H and O–H groups in total. The van der Waals surface area contributed by atoms with Gasteiger partial charge in [0.25, 0.3) is 11.8 Å². The summed E-state index contributed by atoms with van der Waals surface area (Å²) in [5, 5.41) is 14.5. The Bertz CT molecular complexity index is 1940. The summed E-state index contributed by atoms with van der Waals surface area (Å²) in [6, 6.07) is 3.84. The average Bonchev–Trinajstić information content (AvgIpc) is 3.92. The van der Waals surface area contributed by atoms with E-state index in [0.29, 0.717) is 53.6 Å². The number of pyridine rings is 1. The molecular weight excluding hydrogens is 711 g/mol. The first-order valence-electron chi connectivity index (χ1n) is 19.2. The third-order valence-electron chi connectivity index (χ3n) is 13.6. The predicted molar refractivity (Wildman–Crippen MR) is 201 cm³/mol. The fourth-order valence-corrected chi connectivity index (χ4v) is 13.0. The van der Waals surface area contributed by atoms with Crippen LogP contribution in [0.3, 0.4) is 0 Å². The number of nitrogens with zero attached hydrogens (tertiary/aromatic N) is 2. The van der Waals surface area contributed by atoms with Crippen LogP contribution in [0.4, 0.5) is 5.82 Å². The number of cyclic esters (lactones) is 1. The minimum absolute atomic E-state index is 0.0107. The highest BCUT2D eigenvalue weighted by molar-refractivity contribution is 8.76. The minimum Gasteiger partial charge on any atom is -0.427 e. The maximum Gasteiger partial charge on any atom is 0.340 e. The van der Waals surface area contributed by atoms with Crippen molar-refractivity contribution in [2.24, 2.45) is 34.5 Å². The Labute approximate surface area is 317 Å². The van der Waals surface area contributed by atoms with E-state index in [-0.39, 0.29) is 53.4 Å². The van der Waals surface area contributed by atoms with Gasteiger partial charge in [-0.1, -0.05) is 48.3 Å². The molecule has 5 aliphatic carbocycles. The number of carbonyl (C=O) groups is 4. The molecule has 4 aliphatic heterocycles. The maximum absolute atomic E-state index is 14.6. The molecule has 0 aromatic carbocycles. The molecule has 2 amide bonds. The van der Waals surface area contributed by atoms with Gasteiger partial charge in [0, 0.05) is 47.9 Å². The van der Waals surface area contributed by atoms with E-state index in [1.54, 1.807) is 6.20 Å². The van der Waals surface area contributed by atoms with Crippen molar-refractivity contribution < 1.29 is 33.8 Å². The van der Waals surface area contributed by atoms with E-state index in [9.17, 15) is 24.3 Å². The topological polar surface area (TPSA) is 135 Å². The van der Waals surface area contributed by atoms with Crippen LogP contribution >= 0.6 is 21.6 Å². The Morgan fingerprint density at radius 2 is 1.87 bits per heavy atom. The standard InChI is InChI=1S/C41H45N3O7S2/c1-3-40(14-4-5-15-40)19-28-26-8-7-25-24-12-16-41(35(25)34(26)37(47)50-28)29-9-6-22(2)39(49)53-52-21-43-30-18-23(13-17-42-30)27(33(24)36(41)38(48)51-29)20-44-31(45)10-11-32(44)46/h9-11,13,17-19,22,24-25,27,35,39,49H,3-8,12,14-16,20-21H2,1-2H3,(H,42,43). The zero-order valence-electron chi connectivity index (χ0n) is 30.1. The van der Waals surface area contributed by atoms with Crippen molar-refractivity contribution >= 4 is 51.2 Å². The second-order valence-corrected chi connectivity index (χ2v) is 18.6. The van der Waals surface area contributed by atoms with E-state index < -0.39 is 22.7 Å². The van der Waals surface area contributed by atoms with Gasteiger partial charge in [0.15, 0.2) is 0 Å². The van der Waals surface area contributed by atoms with Crippen LogP contribution in [-0.2, 0) is 28.7 Å². The fourth-order valence-electron chi connectivity index (χ4n) is 11.0. The fraction of sp³-hybridized carbons (Fsp3) is 0.537. The molecule has 1 saturated heterocycles. The average molecular weight is 756 g/mol. The summed E-state index contributed by atoms with van der Waals surface area (Å²) in [5.74, 6) is -0.167. The molecule has 7 bridgehead atoms. The van der Waals surface area contributed by atoms with Gasteiger partial charge in [0.2, 0.25) is 0 Å². The Balaban J connectivity index is 1.26. The van der Waals surface area contributed by atoms with E-state index in [1.807, 2.05) is 25.1 Å². The van der Waals surface area contributed by atoms with Crippen molar-refractivity contribution in [3.05, 3.63) is 82.0 Å². The summed E-state index contributed by atoms with van der Waals surface area (Å²) in [5.41, 5.74) is 2.41. The number of aliphatic hydroxyl groups is 1. The number of fused-ring (bicyclic) bond motifs is 3. The molecule has 1 aromatic rings. The van der Waals surface area contributed by atoms with Crippen LogP contribution in [0.1, 0.15) is 89.5 Å². The second-order valence-electron chi connectivity index (χ2n) is 16.1. The molecule has 7 unspecified atom stereocenters. The van der Waals surface area contributed by atoms with Crippen LogP contribution in [0.2, 0.25) is 0 Å². The maximum atomic E-state index is 14.6. The van der Waals surface area contributed by atoms with E-state index in [2.05, 4.69) is 23.3 Å². The van der Waals surface area contributed by atoms with Crippen LogP contribution in [0.25, 0.3) is 0 Å². The van der Waals surface area contributed by atoms with Gasteiger partial charge in [0.05, 0.1) is 16.9 Å². The number of esters is 2. The van der Waals surface area contributed by atoms with Crippen molar-refractivity contribution in [3.8, 4) is 0 Å². The molecule has 5 heterocycles. The van der Waals surface area contributed by atoms with Crippen LogP contribution in [0.15, 0.2) is 76.4 Å². The number of carbonyl (C=O) groups excluding carboxylic acids is 4. The number of rotatable bonds is 4. The lowest BCUT2D eigenvalue weighted by Gasteiger charge is -2.57. The Hall–Kier alpha value is -3.61. The molecule has 278 valence electrons. The highest BCUT2D eigenvalue weighted by Crippen LogP contribution is 2.72. The number of ether oxygens (including phenoxy) is 2. The summed E-state index contributed by atoms with van der Waals surface area (Å²) in [4.78, 5) is 60.9. The molecule has 0 radical (unpaired) electrons. The summed E-state index contributed by atoms with van der Waals surface area (Å²) in [6.45, 7) is 4.28. The number of allylic oxidation sites excluding steroid dienone is 4. The minimum atomic E-state index is -0.926. The molecule has 9 aliphatic rings. The lowest BCUT2D eigenvalue weighted by atomic mass is 9.43. The number of aromatic nitrogens is 1. The van der Waals surface area contributed by atoms with Crippen molar-refractivity contribution in [1.29, 1.82) is 0 Å². The van der Waals surface area contributed by atoms with Crippen molar-refractivity contribution in [2.45, 2.75) is 89.4 Å². The third-order valence-corrected chi connectivity index (χ3v) is 16.0. The van der Waals surface area contributed by atoms with E-state index in [4.69, 9.17) is 9.47 Å². The lowest BCUT2D eigenvalue weighted by molar-refractivity contribution is -0.137. The van der Waals surface area contributed by atoms with Crippen LogP contribution < -0.4 is 5.32 Å². The first kappa shape index (κ1) is 35.1. The van der Waals surface area contributed by atoms with Crippen LogP contribution in [0, 0.1) is 34.5 Å². The molecule has 1 aromatic heterocycles. The van der Waals surface area contributed by atoms with Gasteiger partial charge in [-0.05, 0) is 110 Å². The smallest absolute Gasteiger partial charge is 0.340 e. The van der Waals surface area contributed by atoms with Crippen LogP contribution in [-0.4, -0.2) is 56.6 Å². The summed E-state index contributed by atoms with van der Waals surface area (Å²) >= 11 is 0. The van der Waals surface area contributed by atoms with Crippen molar-refractivity contribution in [2.75, 3.05) is 17.7 Å². The number of hydrogen-bond donors (Lipinski definition) is 2. The van der Waals surface area contributed by atoms with Gasteiger partial charge in [-0.2, -0.15) is 0 Å². The summed E-state index contributed by atoms with van der Waals surface area (Å²) in [6.07, 6.45) is 17.4. The Kier molecular flexibility index (Phi) is 8.81. The van der Waals surface area contributed by atoms with Gasteiger partial charge in [-0.25, -0.2) is 14.6 Å². The van der Waals surface area contributed by atoms with Crippen molar-refractivity contribution in [1.82, 2.24) is 9.88 Å². The number of imide groups is 1. The van der Waals surface area contributed by atoms with E-state index >= 15 is 0 Å². The molecule has 7 atom stereocenters. The Morgan fingerprint density at radius 3 is 2.64 bits per heavy atom. The van der Waals surface area contributed by atoms with Crippen molar-refractivity contribution in [3.63, 3.8) is 0 Å². The van der Waals surface area contributed by atoms with Gasteiger partial charge < -0.3 is 19.9 Å². The largest absolute Gasteiger partial charge is 0.427 e. The number of hydrogen-bond acceptors (Lipinski definition) is 11. The van der Waals surface area contributed by atoms with E-state index in [0.717, 1.165) is 48.8 Å². The highest BCUT2D eigenvalue weighted by Gasteiger charge is 2.69. The van der Waals surface area contributed by atoms with Crippen LogP contribution in [0.5, 0.6) is 0 Å². The number of aliphatic hydroxyl groups excluding tert-OH is 1. The van der Waals surface area contributed by atoms with Gasteiger partial charge in [-0.15, -0.1) is 0 Å². The molecule has 53 heavy (non-hydrogen) atoms. The third kappa shape index (κ3) is 5.52. The zero-order valence-corrected chi connectivity index (χ0v) is 31.7. The van der Waals surface area contributed by atoms with Gasteiger partial charge in [0.1, 0.15) is 22.8 Å². The molecule has 10 rings (SSSR count). The summed E-state index contributed by atoms with van der Waals surface area (Å²) < 4.78 is 12.6. The quantitative estimate of drug-likeness (QED) is 0.186. The first-order valence-corrected chi connectivity index (χ1v) is 21.6. The number of anilines is 1. The SMILES string of the molecule is CCC1(C=C2OC(=O)C3=C2CCC2C4CCC5(C6=CCC(C)C(O)SSCNc7cc(ccn7)C(CN7C(=O)C=CC7=O)C4=C5C(=O)O6)C32)CCCC1. The first-order chi connectivity index (χ1) is 25.6. The van der Waals surface area contributed by atoms with Gasteiger partial charge in [-0.3, -0.25) is 14.5 Å². The lowest BCUT2D eigenvalue weighted by Crippen LogP contribution is -2.53. The predicted octanol–water partition coefficient (Wildman–Crippen LogP) is 7.08. The molecule has 12 heteroatoms. The Morgan fingerprint density at radius 1 is 1.08 bits per heavy atom. The summed E-state index contributed by atoms with van der Waals surface area (Å²) in [7, 11) is 2.87.